The molecule has 0 atom stereocenters. The molecule has 0 aliphatic heterocycles. The Morgan fingerprint density at radius 2 is 1.50 bits per heavy atom. The van der Waals surface area contributed by atoms with E-state index in [2.05, 4.69) is 30.1 Å². The third-order valence-electron chi connectivity index (χ3n) is 4.74. The fraction of sp³-hybridized carbons (Fsp3) is 0.381. The fourth-order valence-corrected chi connectivity index (χ4v) is 3.74. The monoisotopic (exact) mass is 403 g/mol. The van der Waals surface area contributed by atoms with Gasteiger partial charge >= 0.3 is 0 Å². The molecule has 2 rings (SSSR count). The number of rotatable bonds is 9. The predicted octanol–water partition coefficient (Wildman–Crippen LogP) is 2.71. The van der Waals surface area contributed by atoms with Crippen LogP contribution in [0.3, 0.4) is 0 Å². The van der Waals surface area contributed by atoms with Crippen LogP contribution in [0.25, 0.3) is 0 Å². The summed E-state index contributed by atoms with van der Waals surface area (Å²) in [5.74, 6) is -0.230. The number of nitrogens with zero attached hydrogens (tertiary/aromatic N) is 2. The molecule has 0 spiro atoms. The van der Waals surface area contributed by atoms with Crippen LogP contribution in [0.1, 0.15) is 35.3 Å². The minimum atomic E-state index is -3.50. The van der Waals surface area contributed by atoms with Gasteiger partial charge in [0, 0.05) is 32.7 Å². The molecule has 0 aromatic heterocycles. The summed E-state index contributed by atoms with van der Waals surface area (Å²) in [5, 5.41) is 2.93. The molecule has 0 saturated heterocycles. The number of amides is 1. The summed E-state index contributed by atoms with van der Waals surface area (Å²) in [6.45, 7) is 7.48. The van der Waals surface area contributed by atoms with Crippen LogP contribution in [-0.4, -0.2) is 50.7 Å². The highest BCUT2D eigenvalue weighted by Gasteiger charge is 2.17. The summed E-state index contributed by atoms with van der Waals surface area (Å²) in [6, 6.07) is 14.1. The summed E-state index contributed by atoms with van der Waals surface area (Å²) in [5.41, 5.74) is 2.70. The maximum Gasteiger partial charge on any atom is 0.251 e. The number of benzene rings is 2. The largest absolute Gasteiger partial charge is 0.348 e. The number of hydrogen-bond donors (Lipinski definition) is 1. The van der Waals surface area contributed by atoms with Crippen molar-refractivity contribution in [1.29, 1.82) is 0 Å². The SMILES string of the molecule is CCN(CC)Cc1ccccc1CNC(=O)c1ccc(S(=O)(=O)N(C)C)cc1. The lowest BCUT2D eigenvalue weighted by atomic mass is 10.1. The third-order valence-corrected chi connectivity index (χ3v) is 6.57. The number of nitrogens with one attached hydrogen (secondary N) is 1. The Morgan fingerprint density at radius 1 is 0.929 bits per heavy atom. The highest BCUT2D eigenvalue weighted by molar-refractivity contribution is 7.89. The Hall–Kier alpha value is -2.22. The van der Waals surface area contributed by atoms with Crippen LogP contribution in [0.4, 0.5) is 0 Å². The van der Waals surface area contributed by atoms with Crippen LogP contribution >= 0.6 is 0 Å². The van der Waals surface area contributed by atoms with Crippen molar-refractivity contribution in [2.45, 2.75) is 31.8 Å². The van der Waals surface area contributed by atoms with Crippen molar-refractivity contribution in [3.63, 3.8) is 0 Å². The van der Waals surface area contributed by atoms with Gasteiger partial charge in [-0.05, 0) is 48.5 Å². The Morgan fingerprint density at radius 3 is 2.04 bits per heavy atom. The first-order valence-electron chi connectivity index (χ1n) is 9.39. The minimum absolute atomic E-state index is 0.165. The summed E-state index contributed by atoms with van der Waals surface area (Å²) in [7, 11) is -0.544. The maximum absolute atomic E-state index is 12.5. The van der Waals surface area contributed by atoms with E-state index in [-0.39, 0.29) is 10.8 Å². The molecule has 1 N–H and O–H groups in total. The quantitative estimate of drug-likeness (QED) is 0.699. The Labute approximate surface area is 168 Å². The van der Waals surface area contributed by atoms with Gasteiger partial charge in [0.15, 0.2) is 0 Å². The molecule has 2 aromatic carbocycles. The molecule has 7 heteroatoms. The lowest BCUT2D eigenvalue weighted by Crippen LogP contribution is -2.26. The normalized spacial score (nSPS) is 11.8. The number of hydrogen-bond acceptors (Lipinski definition) is 4. The van der Waals surface area contributed by atoms with E-state index in [1.165, 1.54) is 43.9 Å². The van der Waals surface area contributed by atoms with Crippen molar-refractivity contribution >= 4 is 15.9 Å². The molecular formula is C21H29N3O3S. The number of carbonyl (C=O) groups is 1. The maximum atomic E-state index is 12.5. The lowest BCUT2D eigenvalue weighted by Gasteiger charge is -2.20. The molecule has 0 aliphatic carbocycles. The van der Waals surface area contributed by atoms with Crippen LogP contribution in [-0.2, 0) is 23.1 Å². The van der Waals surface area contributed by atoms with E-state index in [0.717, 1.165) is 29.5 Å². The molecule has 0 heterocycles. The van der Waals surface area contributed by atoms with Gasteiger partial charge in [-0.1, -0.05) is 38.1 Å². The van der Waals surface area contributed by atoms with E-state index in [9.17, 15) is 13.2 Å². The average Bonchev–Trinajstić information content (AvgIpc) is 2.70. The molecule has 0 unspecified atom stereocenters. The van der Waals surface area contributed by atoms with Crippen LogP contribution in [0.15, 0.2) is 53.4 Å². The standard InChI is InChI=1S/C21H29N3O3S/c1-5-24(6-2)16-19-10-8-7-9-18(19)15-22-21(25)17-11-13-20(14-12-17)28(26,27)23(3)4/h7-14H,5-6,15-16H2,1-4H3,(H,22,25). The van der Waals surface area contributed by atoms with E-state index in [4.69, 9.17) is 0 Å². The third kappa shape index (κ3) is 5.41. The molecular weight excluding hydrogens is 374 g/mol. The second-order valence-electron chi connectivity index (χ2n) is 6.72. The highest BCUT2D eigenvalue weighted by atomic mass is 32.2. The van der Waals surface area contributed by atoms with Crippen LogP contribution in [0.2, 0.25) is 0 Å². The molecule has 0 bridgehead atoms. The second-order valence-corrected chi connectivity index (χ2v) is 8.88. The molecule has 6 nitrogen and oxygen atoms in total. The molecule has 0 radical (unpaired) electrons. The zero-order valence-electron chi connectivity index (χ0n) is 17.0. The van der Waals surface area contributed by atoms with Crippen LogP contribution < -0.4 is 5.32 Å². The first-order chi connectivity index (χ1) is 13.3. The van der Waals surface area contributed by atoms with Crippen molar-refractivity contribution in [2.75, 3.05) is 27.2 Å². The zero-order chi connectivity index (χ0) is 20.7. The van der Waals surface area contributed by atoms with Gasteiger partial charge in [-0.2, -0.15) is 0 Å². The van der Waals surface area contributed by atoms with E-state index in [1.54, 1.807) is 0 Å². The van der Waals surface area contributed by atoms with Crippen molar-refractivity contribution in [1.82, 2.24) is 14.5 Å². The fourth-order valence-electron chi connectivity index (χ4n) is 2.84. The first-order valence-corrected chi connectivity index (χ1v) is 10.8. The van der Waals surface area contributed by atoms with Gasteiger partial charge in [0.05, 0.1) is 4.90 Å². The van der Waals surface area contributed by atoms with E-state index in [0.29, 0.717) is 12.1 Å². The molecule has 152 valence electrons. The van der Waals surface area contributed by atoms with E-state index in [1.807, 2.05) is 18.2 Å². The summed E-state index contributed by atoms with van der Waals surface area (Å²) >= 11 is 0. The zero-order valence-corrected chi connectivity index (χ0v) is 17.8. The van der Waals surface area contributed by atoms with Crippen molar-refractivity contribution in [3.05, 3.63) is 65.2 Å². The van der Waals surface area contributed by atoms with Crippen molar-refractivity contribution in [3.8, 4) is 0 Å². The van der Waals surface area contributed by atoms with Crippen molar-refractivity contribution in [2.24, 2.45) is 0 Å². The van der Waals surface area contributed by atoms with Gasteiger partial charge < -0.3 is 5.32 Å². The smallest absolute Gasteiger partial charge is 0.251 e. The molecule has 0 saturated carbocycles. The molecule has 0 fully saturated rings. The summed E-state index contributed by atoms with van der Waals surface area (Å²) in [4.78, 5) is 15.0. The topological polar surface area (TPSA) is 69.7 Å². The second kappa shape index (κ2) is 9.82. The van der Waals surface area contributed by atoms with Crippen molar-refractivity contribution < 1.29 is 13.2 Å². The predicted molar refractivity (Wildman–Crippen MR) is 112 cm³/mol. The summed E-state index contributed by atoms with van der Waals surface area (Å²) in [6.07, 6.45) is 0. The van der Waals surface area contributed by atoms with Gasteiger partial charge in [0.1, 0.15) is 0 Å². The molecule has 2 aromatic rings. The Bertz CT molecular complexity index is 889. The van der Waals surface area contributed by atoms with E-state index < -0.39 is 10.0 Å². The van der Waals surface area contributed by atoms with Gasteiger partial charge in [-0.3, -0.25) is 9.69 Å². The van der Waals surface area contributed by atoms with E-state index >= 15 is 0 Å². The average molecular weight is 404 g/mol. The lowest BCUT2D eigenvalue weighted by molar-refractivity contribution is 0.0950. The first kappa shape index (κ1) is 22.1. The molecule has 28 heavy (non-hydrogen) atoms. The molecule has 1 amide bonds. The summed E-state index contributed by atoms with van der Waals surface area (Å²) < 4.78 is 25.4. The highest BCUT2D eigenvalue weighted by Crippen LogP contribution is 2.15. The number of carbonyl (C=O) groups excluding carboxylic acids is 1. The van der Waals surface area contributed by atoms with Crippen LogP contribution in [0.5, 0.6) is 0 Å². The van der Waals surface area contributed by atoms with Gasteiger partial charge in [-0.25, -0.2) is 12.7 Å². The van der Waals surface area contributed by atoms with Crippen LogP contribution in [0, 0.1) is 0 Å². The minimum Gasteiger partial charge on any atom is -0.348 e. The molecule has 0 aliphatic rings. The van der Waals surface area contributed by atoms with Gasteiger partial charge in [0.2, 0.25) is 10.0 Å². The van der Waals surface area contributed by atoms with Gasteiger partial charge in [-0.15, -0.1) is 0 Å². The number of sulfonamides is 1. The van der Waals surface area contributed by atoms with Gasteiger partial charge in [0.25, 0.3) is 5.91 Å². The Balaban J connectivity index is 2.07. The Kier molecular flexibility index (Phi) is 7.74.